The van der Waals surface area contributed by atoms with Gasteiger partial charge in [0, 0.05) is 6.54 Å². The number of benzene rings is 2. The van der Waals surface area contributed by atoms with Gasteiger partial charge < -0.3 is 24.6 Å². The number of ether oxygens (including phenoxy) is 3. The lowest BCUT2D eigenvalue weighted by molar-refractivity contribution is -0.145. The summed E-state index contributed by atoms with van der Waals surface area (Å²) in [4.78, 5) is 23.0. The van der Waals surface area contributed by atoms with Crippen LogP contribution in [0.25, 0.3) is 0 Å². The van der Waals surface area contributed by atoms with Gasteiger partial charge in [-0.2, -0.15) is 0 Å². The number of carboxylic acid groups (broad SMARTS) is 1. The molecule has 144 valence electrons. The molecule has 0 heterocycles. The molecule has 2 aromatic carbocycles. The SMILES string of the molecule is CCC(Oc1cc(CNC(=O)OCc2ccccc2)ccc1OC)C(=O)O. The number of carboxylic acids is 1. The minimum atomic E-state index is -1.05. The minimum Gasteiger partial charge on any atom is -0.493 e. The number of rotatable bonds is 9. The zero-order chi connectivity index (χ0) is 19.6. The fourth-order valence-corrected chi connectivity index (χ4v) is 2.33. The Bertz CT molecular complexity index is 762. The first-order valence-electron chi connectivity index (χ1n) is 8.54. The number of hydrogen-bond acceptors (Lipinski definition) is 5. The second-order valence-electron chi connectivity index (χ2n) is 5.75. The maximum Gasteiger partial charge on any atom is 0.407 e. The van der Waals surface area contributed by atoms with Crippen molar-refractivity contribution in [2.45, 2.75) is 32.6 Å². The molecule has 0 spiro atoms. The zero-order valence-electron chi connectivity index (χ0n) is 15.3. The fourth-order valence-electron chi connectivity index (χ4n) is 2.33. The Balaban J connectivity index is 1.94. The molecule has 0 radical (unpaired) electrons. The summed E-state index contributed by atoms with van der Waals surface area (Å²) in [6.07, 6.45) is -1.21. The van der Waals surface area contributed by atoms with Crippen LogP contribution in [0.15, 0.2) is 48.5 Å². The molecule has 0 aliphatic carbocycles. The molecule has 2 aromatic rings. The Morgan fingerprint density at radius 3 is 2.44 bits per heavy atom. The van der Waals surface area contributed by atoms with Crippen molar-refractivity contribution in [1.82, 2.24) is 5.32 Å². The van der Waals surface area contributed by atoms with E-state index in [1.807, 2.05) is 30.3 Å². The van der Waals surface area contributed by atoms with E-state index in [1.165, 1.54) is 7.11 Å². The van der Waals surface area contributed by atoms with E-state index in [0.29, 0.717) is 17.9 Å². The third kappa shape index (κ3) is 6.22. The van der Waals surface area contributed by atoms with E-state index in [1.54, 1.807) is 25.1 Å². The maximum atomic E-state index is 11.8. The Labute approximate surface area is 157 Å². The summed E-state index contributed by atoms with van der Waals surface area (Å²) in [6, 6.07) is 14.4. The highest BCUT2D eigenvalue weighted by atomic mass is 16.5. The molecule has 7 heteroatoms. The molecule has 1 unspecified atom stereocenters. The molecule has 0 aliphatic rings. The second kappa shape index (κ2) is 10.1. The zero-order valence-corrected chi connectivity index (χ0v) is 15.3. The molecular formula is C20H23NO6. The third-order valence-corrected chi connectivity index (χ3v) is 3.79. The molecule has 0 bridgehead atoms. The Kier molecular flexibility index (Phi) is 7.49. The lowest BCUT2D eigenvalue weighted by atomic mass is 10.2. The van der Waals surface area contributed by atoms with E-state index < -0.39 is 18.2 Å². The van der Waals surface area contributed by atoms with Crippen LogP contribution in [0.2, 0.25) is 0 Å². The summed E-state index contributed by atoms with van der Waals surface area (Å²) >= 11 is 0. The molecule has 0 aromatic heterocycles. The van der Waals surface area contributed by atoms with Crippen LogP contribution in [0.4, 0.5) is 4.79 Å². The predicted octanol–water partition coefficient (Wildman–Crippen LogP) is 3.36. The summed E-state index contributed by atoms with van der Waals surface area (Å²) in [7, 11) is 1.47. The molecule has 27 heavy (non-hydrogen) atoms. The summed E-state index contributed by atoms with van der Waals surface area (Å²) in [5.41, 5.74) is 1.62. The van der Waals surface area contributed by atoms with Crippen LogP contribution < -0.4 is 14.8 Å². The minimum absolute atomic E-state index is 0.181. The summed E-state index contributed by atoms with van der Waals surface area (Å²) in [6.45, 7) is 2.11. The van der Waals surface area contributed by atoms with Crippen molar-refractivity contribution in [3.05, 3.63) is 59.7 Å². The Hall–Kier alpha value is -3.22. The summed E-state index contributed by atoms with van der Waals surface area (Å²) < 4.78 is 15.9. The van der Waals surface area contributed by atoms with E-state index in [0.717, 1.165) is 11.1 Å². The van der Waals surface area contributed by atoms with E-state index in [4.69, 9.17) is 19.3 Å². The number of alkyl carbamates (subject to hydrolysis) is 1. The highest BCUT2D eigenvalue weighted by Gasteiger charge is 2.19. The number of amides is 1. The molecule has 7 nitrogen and oxygen atoms in total. The number of methoxy groups -OCH3 is 1. The van der Waals surface area contributed by atoms with Crippen molar-refractivity contribution < 1.29 is 28.9 Å². The monoisotopic (exact) mass is 373 g/mol. The van der Waals surface area contributed by atoms with Crippen molar-refractivity contribution >= 4 is 12.1 Å². The van der Waals surface area contributed by atoms with Gasteiger partial charge in [-0.25, -0.2) is 9.59 Å². The van der Waals surface area contributed by atoms with Crippen LogP contribution in [0.5, 0.6) is 11.5 Å². The number of carbonyl (C=O) groups is 2. The second-order valence-corrected chi connectivity index (χ2v) is 5.75. The number of aliphatic carboxylic acids is 1. The van der Waals surface area contributed by atoms with Gasteiger partial charge in [-0.15, -0.1) is 0 Å². The van der Waals surface area contributed by atoms with E-state index in [-0.39, 0.29) is 13.2 Å². The van der Waals surface area contributed by atoms with Crippen molar-refractivity contribution in [3.8, 4) is 11.5 Å². The van der Waals surface area contributed by atoms with Crippen LogP contribution in [0.1, 0.15) is 24.5 Å². The molecule has 2 N–H and O–H groups in total. The lowest BCUT2D eigenvalue weighted by Crippen LogP contribution is -2.26. The van der Waals surface area contributed by atoms with Gasteiger partial charge in [-0.05, 0) is 29.7 Å². The van der Waals surface area contributed by atoms with Gasteiger partial charge in [-0.1, -0.05) is 43.3 Å². The molecule has 1 atom stereocenters. The van der Waals surface area contributed by atoms with Crippen LogP contribution >= 0.6 is 0 Å². The molecule has 2 rings (SSSR count). The Morgan fingerprint density at radius 1 is 1.07 bits per heavy atom. The van der Waals surface area contributed by atoms with Gasteiger partial charge in [0.2, 0.25) is 0 Å². The normalized spacial score (nSPS) is 11.3. The van der Waals surface area contributed by atoms with Crippen LogP contribution in [0, 0.1) is 0 Å². The van der Waals surface area contributed by atoms with Crippen LogP contribution in [-0.4, -0.2) is 30.4 Å². The first kappa shape index (κ1) is 20.1. The van der Waals surface area contributed by atoms with Gasteiger partial charge in [-0.3, -0.25) is 0 Å². The van der Waals surface area contributed by atoms with Gasteiger partial charge in [0.05, 0.1) is 7.11 Å². The molecule has 0 fully saturated rings. The summed E-state index contributed by atoms with van der Waals surface area (Å²) in [5.74, 6) is -0.318. The number of hydrogen-bond donors (Lipinski definition) is 2. The maximum absolute atomic E-state index is 11.8. The standard InChI is InChI=1S/C20H23NO6/c1-3-16(19(22)23)27-18-11-15(9-10-17(18)25-2)12-21-20(24)26-13-14-7-5-4-6-8-14/h4-11,16H,3,12-13H2,1-2H3,(H,21,24)(H,22,23). The molecule has 1 amide bonds. The topological polar surface area (TPSA) is 94.1 Å². The van der Waals surface area contributed by atoms with Crippen molar-refractivity contribution in [1.29, 1.82) is 0 Å². The number of carbonyl (C=O) groups excluding carboxylic acids is 1. The smallest absolute Gasteiger partial charge is 0.407 e. The quantitative estimate of drug-likeness (QED) is 0.700. The first-order valence-corrected chi connectivity index (χ1v) is 8.54. The largest absolute Gasteiger partial charge is 0.493 e. The van der Waals surface area contributed by atoms with Gasteiger partial charge in [0.1, 0.15) is 6.61 Å². The number of nitrogens with one attached hydrogen (secondary N) is 1. The van der Waals surface area contributed by atoms with Crippen LogP contribution in [-0.2, 0) is 22.7 Å². The fraction of sp³-hybridized carbons (Fsp3) is 0.300. The highest BCUT2D eigenvalue weighted by Crippen LogP contribution is 2.29. The van der Waals surface area contributed by atoms with E-state index in [2.05, 4.69) is 5.32 Å². The van der Waals surface area contributed by atoms with E-state index >= 15 is 0 Å². The van der Waals surface area contributed by atoms with Gasteiger partial charge in [0.15, 0.2) is 17.6 Å². The molecular weight excluding hydrogens is 350 g/mol. The van der Waals surface area contributed by atoms with Crippen LogP contribution in [0.3, 0.4) is 0 Å². The average molecular weight is 373 g/mol. The van der Waals surface area contributed by atoms with Crippen molar-refractivity contribution in [2.24, 2.45) is 0 Å². The molecule has 0 aliphatic heterocycles. The van der Waals surface area contributed by atoms with E-state index in [9.17, 15) is 9.59 Å². The summed E-state index contributed by atoms with van der Waals surface area (Å²) in [5, 5.41) is 11.8. The average Bonchev–Trinajstić information content (AvgIpc) is 2.69. The lowest BCUT2D eigenvalue weighted by Gasteiger charge is -2.17. The van der Waals surface area contributed by atoms with Crippen molar-refractivity contribution in [2.75, 3.05) is 7.11 Å². The molecule has 0 saturated heterocycles. The van der Waals surface area contributed by atoms with Gasteiger partial charge >= 0.3 is 12.1 Å². The highest BCUT2D eigenvalue weighted by molar-refractivity contribution is 5.72. The Morgan fingerprint density at radius 2 is 1.81 bits per heavy atom. The first-order chi connectivity index (χ1) is 13.0. The predicted molar refractivity (Wildman–Crippen MR) is 98.8 cm³/mol. The van der Waals surface area contributed by atoms with Gasteiger partial charge in [0.25, 0.3) is 0 Å². The third-order valence-electron chi connectivity index (χ3n) is 3.79. The van der Waals surface area contributed by atoms with Crippen molar-refractivity contribution in [3.63, 3.8) is 0 Å². The molecule has 0 saturated carbocycles.